The molecule has 0 spiro atoms. The van der Waals surface area contributed by atoms with E-state index in [9.17, 15) is 4.79 Å². The van der Waals surface area contributed by atoms with Gasteiger partial charge in [-0.3, -0.25) is 4.79 Å². The molecule has 0 heterocycles. The van der Waals surface area contributed by atoms with Gasteiger partial charge in [0.15, 0.2) is 0 Å². The van der Waals surface area contributed by atoms with Crippen molar-refractivity contribution in [3.05, 3.63) is 0 Å². The van der Waals surface area contributed by atoms with Crippen molar-refractivity contribution < 1.29 is 9.53 Å². The maximum absolute atomic E-state index is 10.3. The summed E-state index contributed by atoms with van der Waals surface area (Å²) in [6.07, 6.45) is 0.939. The van der Waals surface area contributed by atoms with Crippen molar-refractivity contribution in [2.45, 2.75) is 24.3 Å². The summed E-state index contributed by atoms with van der Waals surface area (Å²) in [6, 6.07) is 0. The third-order valence-corrected chi connectivity index (χ3v) is 1.96. The highest BCUT2D eigenvalue weighted by molar-refractivity contribution is 9.10. The molecule has 0 fully saturated rings. The number of ether oxygens (including phenoxy) is 1. The van der Waals surface area contributed by atoms with Crippen molar-refractivity contribution in [3.8, 4) is 0 Å². The Balaban J connectivity index is 3.56. The lowest BCUT2D eigenvalue weighted by Gasteiger charge is -2.19. The smallest absolute Gasteiger partial charge is 0.217 e. The molecule has 60 valence electrons. The zero-order valence-electron chi connectivity index (χ0n) is 6.19. The number of carbonyl (C=O) groups is 1. The maximum Gasteiger partial charge on any atom is 0.217 e. The lowest BCUT2D eigenvalue weighted by atomic mass is 10.2. The Morgan fingerprint density at radius 2 is 2.30 bits per heavy atom. The van der Waals surface area contributed by atoms with E-state index in [4.69, 9.17) is 10.5 Å². The minimum atomic E-state index is -0.415. The van der Waals surface area contributed by atoms with Crippen LogP contribution in [-0.4, -0.2) is 17.5 Å². The molecule has 0 aromatic carbocycles. The summed E-state index contributed by atoms with van der Waals surface area (Å²) >= 11 is 3.28. The molecule has 0 aromatic heterocycles. The Hall–Kier alpha value is -0.0900. The van der Waals surface area contributed by atoms with Crippen molar-refractivity contribution in [3.63, 3.8) is 0 Å². The van der Waals surface area contributed by atoms with Crippen LogP contribution in [0.15, 0.2) is 0 Å². The van der Waals surface area contributed by atoms with E-state index in [0.29, 0.717) is 12.8 Å². The van der Waals surface area contributed by atoms with E-state index in [2.05, 4.69) is 15.9 Å². The number of hydrogen-bond donors (Lipinski definition) is 1. The van der Waals surface area contributed by atoms with Crippen molar-refractivity contribution in [1.82, 2.24) is 0 Å². The van der Waals surface area contributed by atoms with E-state index >= 15 is 0 Å². The second kappa shape index (κ2) is 3.93. The van der Waals surface area contributed by atoms with Gasteiger partial charge in [0.2, 0.25) is 5.91 Å². The van der Waals surface area contributed by atoms with Gasteiger partial charge in [-0.1, -0.05) is 15.9 Å². The Bertz CT molecular complexity index is 125. The van der Waals surface area contributed by atoms with Gasteiger partial charge in [-0.2, -0.15) is 0 Å². The van der Waals surface area contributed by atoms with E-state index in [0.717, 1.165) is 0 Å². The van der Waals surface area contributed by atoms with E-state index in [-0.39, 0.29) is 5.91 Å². The number of amides is 1. The molecular formula is C6H12BrNO2. The van der Waals surface area contributed by atoms with Gasteiger partial charge in [0.25, 0.3) is 0 Å². The van der Waals surface area contributed by atoms with Crippen molar-refractivity contribution in [2.24, 2.45) is 5.73 Å². The summed E-state index contributed by atoms with van der Waals surface area (Å²) in [4.78, 5) is 10.3. The number of halogens is 1. The minimum absolute atomic E-state index is 0.303. The zero-order valence-corrected chi connectivity index (χ0v) is 7.77. The number of carbonyl (C=O) groups excluding carboxylic acids is 1. The molecule has 4 heteroatoms. The van der Waals surface area contributed by atoms with Crippen molar-refractivity contribution >= 4 is 21.8 Å². The van der Waals surface area contributed by atoms with E-state index < -0.39 is 4.51 Å². The molecule has 2 N–H and O–H groups in total. The molecule has 1 atom stereocenters. The highest BCUT2D eigenvalue weighted by Gasteiger charge is 2.18. The zero-order chi connectivity index (χ0) is 8.20. The van der Waals surface area contributed by atoms with Gasteiger partial charge >= 0.3 is 0 Å². The van der Waals surface area contributed by atoms with Crippen molar-refractivity contribution in [1.29, 1.82) is 0 Å². The largest absolute Gasteiger partial charge is 0.370 e. The molecule has 10 heavy (non-hydrogen) atoms. The molecule has 0 radical (unpaired) electrons. The summed E-state index contributed by atoms with van der Waals surface area (Å²) in [7, 11) is 1.58. The van der Waals surface area contributed by atoms with Gasteiger partial charge in [-0.25, -0.2) is 0 Å². The lowest BCUT2D eigenvalue weighted by Crippen LogP contribution is -2.22. The number of nitrogens with two attached hydrogens (primary N) is 1. The normalized spacial score (nSPS) is 16.3. The first kappa shape index (κ1) is 9.91. The first-order valence-corrected chi connectivity index (χ1v) is 3.79. The fourth-order valence-corrected chi connectivity index (χ4v) is 0.647. The molecule has 1 unspecified atom stereocenters. The summed E-state index contributed by atoms with van der Waals surface area (Å²) in [6.45, 7) is 1.84. The number of rotatable bonds is 4. The van der Waals surface area contributed by atoms with Gasteiger partial charge < -0.3 is 10.5 Å². The van der Waals surface area contributed by atoms with Crippen LogP contribution in [0, 0.1) is 0 Å². The molecule has 0 rings (SSSR count). The average Bonchev–Trinajstić information content (AvgIpc) is 1.85. The second-order valence-electron chi connectivity index (χ2n) is 2.27. The lowest BCUT2D eigenvalue weighted by molar-refractivity contribution is -0.118. The standard InChI is InChI=1S/C6H12BrNO2/c1-6(7,10-2)4-3-5(8)9/h3-4H2,1-2H3,(H2,8,9). The summed E-state index contributed by atoms with van der Waals surface area (Å²) in [5.74, 6) is -0.303. The fourth-order valence-electron chi connectivity index (χ4n) is 0.449. The molecular weight excluding hydrogens is 198 g/mol. The number of alkyl halides is 1. The Kier molecular flexibility index (Phi) is 3.89. The monoisotopic (exact) mass is 209 g/mol. The van der Waals surface area contributed by atoms with Crippen LogP contribution in [0.1, 0.15) is 19.8 Å². The molecule has 0 aromatic rings. The van der Waals surface area contributed by atoms with Gasteiger partial charge in [-0.15, -0.1) is 0 Å². The molecule has 0 aliphatic heterocycles. The van der Waals surface area contributed by atoms with E-state index in [1.807, 2.05) is 6.92 Å². The van der Waals surface area contributed by atoms with Crippen LogP contribution in [-0.2, 0) is 9.53 Å². The first-order valence-electron chi connectivity index (χ1n) is 3.00. The Morgan fingerprint density at radius 3 is 2.60 bits per heavy atom. The van der Waals surface area contributed by atoms with Crippen LogP contribution in [0.25, 0.3) is 0 Å². The van der Waals surface area contributed by atoms with Crippen molar-refractivity contribution in [2.75, 3.05) is 7.11 Å². The number of methoxy groups -OCH3 is 1. The quantitative estimate of drug-likeness (QED) is 0.704. The topological polar surface area (TPSA) is 52.3 Å². The van der Waals surface area contributed by atoms with Crippen LogP contribution in [0.3, 0.4) is 0 Å². The third kappa shape index (κ3) is 4.76. The molecule has 0 saturated heterocycles. The third-order valence-electron chi connectivity index (χ3n) is 1.24. The highest BCUT2D eigenvalue weighted by atomic mass is 79.9. The predicted molar refractivity (Wildman–Crippen MR) is 42.8 cm³/mol. The molecule has 1 amide bonds. The van der Waals surface area contributed by atoms with Gasteiger partial charge in [0.05, 0.1) is 0 Å². The summed E-state index contributed by atoms with van der Waals surface area (Å²) in [5, 5.41) is 0. The van der Waals surface area contributed by atoms with Crippen LogP contribution >= 0.6 is 15.9 Å². The average molecular weight is 210 g/mol. The second-order valence-corrected chi connectivity index (χ2v) is 3.95. The van der Waals surface area contributed by atoms with E-state index in [1.165, 1.54) is 0 Å². The number of primary amides is 1. The molecule has 0 bridgehead atoms. The minimum Gasteiger partial charge on any atom is -0.370 e. The Labute approximate surface area is 69.0 Å². The SMILES string of the molecule is COC(C)(Br)CCC(N)=O. The summed E-state index contributed by atoms with van der Waals surface area (Å²) < 4.78 is 4.58. The van der Waals surface area contributed by atoms with Crippen LogP contribution in [0.2, 0.25) is 0 Å². The van der Waals surface area contributed by atoms with Gasteiger partial charge in [0.1, 0.15) is 4.51 Å². The number of hydrogen-bond acceptors (Lipinski definition) is 2. The predicted octanol–water partition coefficient (Wildman–Crippen LogP) is 1.01. The van der Waals surface area contributed by atoms with Gasteiger partial charge in [0, 0.05) is 13.5 Å². The Morgan fingerprint density at radius 1 is 1.80 bits per heavy atom. The van der Waals surface area contributed by atoms with E-state index in [1.54, 1.807) is 7.11 Å². The van der Waals surface area contributed by atoms with Crippen LogP contribution < -0.4 is 5.73 Å². The molecule has 0 aliphatic rings. The molecule has 3 nitrogen and oxygen atoms in total. The highest BCUT2D eigenvalue weighted by Crippen LogP contribution is 2.23. The molecule has 0 aliphatic carbocycles. The maximum atomic E-state index is 10.3. The first-order chi connectivity index (χ1) is 4.48. The van der Waals surface area contributed by atoms with Gasteiger partial charge in [-0.05, 0) is 13.3 Å². The fraction of sp³-hybridized carbons (Fsp3) is 0.833. The van der Waals surface area contributed by atoms with Crippen LogP contribution in [0.4, 0.5) is 0 Å². The van der Waals surface area contributed by atoms with Crippen LogP contribution in [0.5, 0.6) is 0 Å². The molecule has 0 saturated carbocycles. The summed E-state index contributed by atoms with van der Waals surface area (Å²) in [5.41, 5.74) is 4.94.